The quantitative estimate of drug-likeness (QED) is 0.775. The number of rotatable bonds is 4. The predicted octanol–water partition coefficient (Wildman–Crippen LogP) is 3.42. The van der Waals surface area contributed by atoms with Gasteiger partial charge in [0, 0.05) is 36.0 Å². The second kappa shape index (κ2) is 7.07. The van der Waals surface area contributed by atoms with Gasteiger partial charge in [-0.05, 0) is 43.3 Å². The molecule has 1 N–H and O–H groups in total. The van der Waals surface area contributed by atoms with Crippen molar-refractivity contribution in [2.24, 2.45) is 0 Å². The van der Waals surface area contributed by atoms with Gasteiger partial charge in [0.2, 0.25) is 5.91 Å². The first-order valence-electron chi connectivity index (χ1n) is 8.88. The Labute approximate surface area is 157 Å². The molecule has 6 nitrogen and oxygen atoms in total. The molecule has 0 unspecified atom stereocenters. The van der Waals surface area contributed by atoms with E-state index in [9.17, 15) is 9.59 Å². The van der Waals surface area contributed by atoms with E-state index in [0.717, 1.165) is 22.2 Å². The van der Waals surface area contributed by atoms with E-state index >= 15 is 0 Å². The molecule has 27 heavy (non-hydrogen) atoms. The lowest BCUT2D eigenvalue weighted by Crippen LogP contribution is -2.37. The Hall–Kier alpha value is -3.41. The van der Waals surface area contributed by atoms with Crippen LogP contribution in [0.1, 0.15) is 5.56 Å². The van der Waals surface area contributed by atoms with Gasteiger partial charge in [0.1, 0.15) is 6.54 Å². The molecule has 2 heterocycles. The Kier molecular flexibility index (Phi) is 4.46. The zero-order chi connectivity index (χ0) is 18.8. The van der Waals surface area contributed by atoms with E-state index in [-0.39, 0.29) is 18.5 Å². The predicted molar refractivity (Wildman–Crippen MR) is 106 cm³/mol. The lowest BCUT2D eigenvalue weighted by atomic mass is 10.2. The van der Waals surface area contributed by atoms with Crippen molar-refractivity contribution in [1.82, 2.24) is 9.88 Å². The number of hydrogen-bond donors (Lipinski definition) is 1. The Morgan fingerprint density at radius 2 is 1.93 bits per heavy atom. The third-order valence-electron chi connectivity index (χ3n) is 4.66. The molecule has 2 aromatic carbocycles. The molecule has 0 spiro atoms. The van der Waals surface area contributed by atoms with Crippen molar-refractivity contribution >= 4 is 34.2 Å². The van der Waals surface area contributed by atoms with Crippen molar-refractivity contribution in [1.29, 1.82) is 0 Å². The van der Waals surface area contributed by atoms with Crippen LogP contribution in [-0.2, 0) is 4.79 Å². The van der Waals surface area contributed by atoms with Gasteiger partial charge in [0.15, 0.2) is 0 Å². The van der Waals surface area contributed by atoms with Gasteiger partial charge in [0.25, 0.3) is 0 Å². The summed E-state index contributed by atoms with van der Waals surface area (Å²) >= 11 is 0. The number of urea groups is 1. The molecule has 3 amide bonds. The third-order valence-corrected chi connectivity index (χ3v) is 4.66. The fourth-order valence-corrected chi connectivity index (χ4v) is 3.22. The van der Waals surface area contributed by atoms with Crippen molar-refractivity contribution in [3.8, 4) is 0 Å². The Bertz CT molecular complexity index is 1000. The highest BCUT2D eigenvalue weighted by molar-refractivity contribution is 6.00. The summed E-state index contributed by atoms with van der Waals surface area (Å²) in [5.74, 6) is -0.211. The minimum atomic E-state index is -0.211. The van der Waals surface area contributed by atoms with Crippen LogP contribution in [0, 0.1) is 6.92 Å². The number of benzene rings is 2. The largest absolute Gasteiger partial charge is 0.325 e. The fraction of sp³-hybridized carbons (Fsp3) is 0.190. The van der Waals surface area contributed by atoms with E-state index in [4.69, 9.17) is 0 Å². The molecule has 0 saturated carbocycles. The summed E-state index contributed by atoms with van der Waals surface area (Å²) in [5, 5.41) is 3.82. The maximum Gasteiger partial charge on any atom is 0.325 e. The van der Waals surface area contributed by atoms with Crippen LogP contribution in [-0.4, -0.2) is 41.5 Å². The molecule has 136 valence electrons. The van der Waals surface area contributed by atoms with Gasteiger partial charge in [-0.1, -0.05) is 23.8 Å². The lowest BCUT2D eigenvalue weighted by molar-refractivity contribution is -0.116. The van der Waals surface area contributed by atoms with Crippen LogP contribution in [0.5, 0.6) is 0 Å². The van der Waals surface area contributed by atoms with Crippen LogP contribution in [0.25, 0.3) is 10.9 Å². The standard InChI is InChI=1S/C21H20N4O2/c1-15-4-7-18(8-5-15)25-12-11-24(21(25)27)14-20(26)23-17-6-9-19-16(13-17)3-2-10-22-19/h2-10,13H,11-12,14H2,1H3,(H,23,26). The van der Waals surface area contributed by atoms with Crippen LogP contribution in [0.15, 0.2) is 60.8 Å². The molecule has 1 fully saturated rings. The highest BCUT2D eigenvalue weighted by atomic mass is 16.2. The number of hydrogen-bond acceptors (Lipinski definition) is 3. The Morgan fingerprint density at radius 1 is 1.11 bits per heavy atom. The first-order valence-corrected chi connectivity index (χ1v) is 8.88. The van der Waals surface area contributed by atoms with Crippen LogP contribution < -0.4 is 10.2 Å². The highest BCUT2D eigenvalue weighted by Gasteiger charge is 2.30. The Morgan fingerprint density at radius 3 is 2.74 bits per heavy atom. The molecule has 0 atom stereocenters. The van der Waals surface area contributed by atoms with E-state index < -0.39 is 0 Å². The van der Waals surface area contributed by atoms with Gasteiger partial charge < -0.3 is 10.2 Å². The van der Waals surface area contributed by atoms with Gasteiger partial charge in [-0.3, -0.25) is 14.7 Å². The summed E-state index contributed by atoms with van der Waals surface area (Å²) in [4.78, 5) is 32.6. The van der Waals surface area contributed by atoms with Gasteiger partial charge in [-0.2, -0.15) is 0 Å². The first-order chi connectivity index (χ1) is 13.1. The first kappa shape index (κ1) is 17.0. The van der Waals surface area contributed by atoms with Crippen molar-refractivity contribution in [2.45, 2.75) is 6.92 Å². The maximum absolute atomic E-state index is 12.6. The molecule has 1 aromatic heterocycles. The topological polar surface area (TPSA) is 65.5 Å². The average molecular weight is 360 g/mol. The van der Waals surface area contributed by atoms with Gasteiger partial charge >= 0.3 is 6.03 Å². The minimum absolute atomic E-state index is 0.0340. The number of aromatic nitrogens is 1. The maximum atomic E-state index is 12.6. The number of nitrogens with one attached hydrogen (secondary N) is 1. The molecule has 0 radical (unpaired) electrons. The summed E-state index contributed by atoms with van der Waals surface area (Å²) < 4.78 is 0. The normalized spacial score (nSPS) is 14.0. The molecule has 6 heteroatoms. The average Bonchev–Trinajstić information content (AvgIpc) is 3.02. The van der Waals surface area contributed by atoms with Crippen LogP contribution in [0.2, 0.25) is 0 Å². The molecule has 1 saturated heterocycles. The number of nitrogens with zero attached hydrogens (tertiary/aromatic N) is 3. The highest BCUT2D eigenvalue weighted by Crippen LogP contribution is 2.21. The minimum Gasteiger partial charge on any atom is -0.325 e. The molecular formula is C21H20N4O2. The molecule has 1 aliphatic heterocycles. The summed E-state index contributed by atoms with van der Waals surface area (Å²) in [6.07, 6.45) is 1.74. The summed E-state index contributed by atoms with van der Waals surface area (Å²) in [6, 6.07) is 17.0. The van der Waals surface area contributed by atoms with E-state index in [0.29, 0.717) is 18.8 Å². The van der Waals surface area contributed by atoms with Crippen molar-refractivity contribution in [3.05, 3.63) is 66.4 Å². The number of amides is 3. The number of carbonyl (C=O) groups excluding carboxylic acids is 2. The summed E-state index contributed by atoms with van der Waals surface area (Å²) in [5.41, 5.74) is 3.57. The van der Waals surface area contributed by atoms with Gasteiger partial charge in [-0.25, -0.2) is 4.79 Å². The Balaban J connectivity index is 1.40. The summed E-state index contributed by atoms with van der Waals surface area (Å²) in [7, 11) is 0. The molecule has 1 aliphatic rings. The SMILES string of the molecule is Cc1ccc(N2CCN(CC(=O)Nc3ccc4ncccc4c3)C2=O)cc1. The van der Waals surface area contributed by atoms with Crippen molar-refractivity contribution in [3.63, 3.8) is 0 Å². The van der Waals surface area contributed by atoms with E-state index in [1.807, 2.05) is 61.5 Å². The van der Waals surface area contributed by atoms with E-state index in [1.165, 1.54) is 0 Å². The number of fused-ring (bicyclic) bond motifs is 1. The third kappa shape index (κ3) is 3.60. The van der Waals surface area contributed by atoms with Crippen LogP contribution in [0.4, 0.5) is 16.2 Å². The van der Waals surface area contributed by atoms with Crippen LogP contribution >= 0.6 is 0 Å². The second-order valence-corrected chi connectivity index (χ2v) is 6.65. The van der Waals surface area contributed by atoms with Gasteiger partial charge in [0.05, 0.1) is 5.52 Å². The summed E-state index contributed by atoms with van der Waals surface area (Å²) in [6.45, 7) is 3.15. The number of pyridine rings is 1. The second-order valence-electron chi connectivity index (χ2n) is 6.65. The van der Waals surface area contributed by atoms with Crippen molar-refractivity contribution in [2.75, 3.05) is 29.9 Å². The zero-order valence-corrected chi connectivity index (χ0v) is 15.1. The molecular weight excluding hydrogens is 340 g/mol. The van der Waals surface area contributed by atoms with E-state index in [2.05, 4.69) is 10.3 Å². The number of carbonyl (C=O) groups is 2. The van der Waals surface area contributed by atoms with Gasteiger partial charge in [-0.15, -0.1) is 0 Å². The zero-order valence-electron chi connectivity index (χ0n) is 15.1. The fourth-order valence-electron chi connectivity index (χ4n) is 3.22. The molecule has 0 aliphatic carbocycles. The van der Waals surface area contributed by atoms with Crippen molar-refractivity contribution < 1.29 is 9.59 Å². The number of anilines is 2. The smallest absolute Gasteiger partial charge is 0.325 e. The monoisotopic (exact) mass is 360 g/mol. The van der Waals surface area contributed by atoms with E-state index in [1.54, 1.807) is 16.0 Å². The van der Waals surface area contributed by atoms with Crippen LogP contribution in [0.3, 0.4) is 0 Å². The number of aryl methyl sites for hydroxylation is 1. The molecule has 4 rings (SSSR count). The lowest BCUT2D eigenvalue weighted by Gasteiger charge is -2.18. The molecule has 3 aromatic rings. The molecule has 0 bridgehead atoms.